The van der Waals surface area contributed by atoms with Crippen LogP contribution in [0.3, 0.4) is 0 Å². The third-order valence-corrected chi connectivity index (χ3v) is 3.59. The highest BCUT2D eigenvalue weighted by molar-refractivity contribution is 7.90. The summed E-state index contributed by atoms with van der Waals surface area (Å²) in [5.74, 6) is 0.148. The Labute approximate surface area is 107 Å². The van der Waals surface area contributed by atoms with Crippen LogP contribution in [0.5, 0.6) is 0 Å². The zero-order chi connectivity index (χ0) is 13.0. The first-order chi connectivity index (χ1) is 8.56. The number of rotatable bonds is 4. The standard InChI is InChI=1S/C13H14N2O2S/c1-18(16,17)9-5-12-4-8-15-10-13(12)11-2-6-14-7-3-11/h2-4,6-8,10H,5,9H2,1H3. The summed E-state index contributed by atoms with van der Waals surface area (Å²) in [7, 11) is -2.95. The van der Waals surface area contributed by atoms with Crippen LogP contribution in [-0.2, 0) is 16.3 Å². The van der Waals surface area contributed by atoms with E-state index in [1.54, 1.807) is 24.8 Å². The molecule has 0 aliphatic rings. The van der Waals surface area contributed by atoms with Gasteiger partial charge in [0.2, 0.25) is 0 Å². The summed E-state index contributed by atoms with van der Waals surface area (Å²) < 4.78 is 22.5. The van der Waals surface area contributed by atoms with E-state index in [9.17, 15) is 8.42 Å². The van der Waals surface area contributed by atoms with Gasteiger partial charge in [0.1, 0.15) is 9.84 Å². The first-order valence-electron chi connectivity index (χ1n) is 5.57. The Bertz CT molecular complexity index is 624. The van der Waals surface area contributed by atoms with Crippen LogP contribution in [0.1, 0.15) is 5.56 Å². The molecule has 0 saturated heterocycles. The minimum absolute atomic E-state index is 0.148. The van der Waals surface area contributed by atoms with Gasteiger partial charge in [-0.3, -0.25) is 9.97 Å². The fraction of sp³-hybridized carbons (Fsp3) is 0.231. The average Bonchev–Trinajstić information content (AvgIpc) is 2.37. The zero-order valence-electron chi connectivity index (χ0n) is 10.1. The predicted octanol–water partition coefficient (Wildman–Crippen LogP) is 1.73. The summed E-state index contributed by atoms with van der Waals surface area (Å²) in [4.78, 5) is 8.07. The van der Waals surface area contributed by atoms with Crippen molar-refractivity contribution in [2.45, 2.75) is 6.42 Å². The van der Waals surface area contributed by atoms with E-state index in [2.05, 4.69) is 9.97 Å². The zero-order valence-corrected chi connectivity index (χ0v) is 10.9. The van der Waals surface area contributed by atoms with Crippen molar-refractivity contribution in [2.24, 2.45) is 0 Å². The molecule has 0 aliphatic carbocycles. The second kappa shape index (κ2) is 5.27. The first-order valence-corrected chi connectivity index (χ1v) is 7.63. The minimum Gasteiger partial charge on any atom is -0.265 e. The van der Waals surface area contributed by atoms with E-state index in [4.69, 9.17) is 0 Å². The molecule has 0 aromatic carbocycles. The lowest BCUT2D eigenvalue weighted by atomic mass is 10.0. The topological polar surface area (TPSA) is 59.9 Å². The van der Waals surface area contributed by atoms with Crippen LogP contribution in [0.2, 0.25) is 0 Å². The molecule has 0 amide bonds. The van der Waals surface area contributed by atoms with Crippen LogP contribution in [0, 0.1) is 0 Å². The predicted molar refractivity (Wildman–Crippen MR) is 70.9 cm³/mol. The van der Waals surface area contributed by atoms with Crippen molar-refractivity contribution in [2.75, 3.05) is 12.0 Å². The maximum absolute atomic E-state index is 11.2. The molecule has 0 aliphatic heterocycles. The molecule has 18 heavy (non-hydrogen) atoms. The molecule has 0 saturated carbocycles. The van der Waals surface area contributed by atoms with Crippen LogP contribution in [0.25, 0.3) is 11.1 Å². The molecule has 0 unspecified atom stereocenters. The molecule has 2 heterocycles. The average molecular weight is 262 g/mol. The van der Waals surface area contributed by atoms with E-state index >= 15 is 0 Å². The van der Waals surface area contributed by atoms with Gasteiger partial charge in [0.05, 0.1) is 5.75 Å². The molecule has 0 spiro atoms. The van der Waals surface area contributed by atoms with Gasteiger partial charge >= 0.3 is 0 Å². The lowest BCUT2D eigenvalue weighted by Crippen LogP contribution is -2.06. The molecule has 0 fully saturated rings. The van der Waals surface area contributed by atoms with E-state index in [1.807, 2.05) is 18.2 Å². The lowest BCUT2D eigenvalue weighted by Gasteiger charge is -2.08. The van der Waals surface area contributed by atoms with Gasteiger partial charge in [0.15, 0.2) is 0 Å². The van der Waals surface area contributed by atoms with Crippen LogP contribution in [0.4, 0.5) is 0 Å². The molecule has 2 rings (SSSR count). The van der Waals surface area contributed by atoms with E-state index in [0.29, 0.717) is 6.42 Å². The maximum Gasteiger partial charge on any atom is 0.147 e. The minimum atomic E-state index is -2.95. The molecule has 0 radical (unpaired) electrons. The summed E-state index contributed by atoms with van der Waals surface area (Å²) in [5.41, 5.74) is 2.95. The Balaban J connectivity index is 2.32. The summed E-state index contributed by atoms with van der Waals surface area (Å²) in [6.45, 7) is 0. The van der Waals surface area contributed by atoms with Gasteiger partial charge in [0.25, 0.3) is 0 Å². The van der Waals surface area contributed by atoms with E-state index in [0.717, 1.165) is 16.7 Å². The molecule has 4 nitrogen and oxygen atoms in total. The van der Waals surface area contributed by atoms with E-state index in [1.165, 1.54) is 6.26 Å². The number of nitrogens with zero attached hydrogens (tertiary/aromatic N) is 2. The molecular formula is C13H14N2O2S. The lowest BCUT2D eigenvalue weighted by molar-refractivity contribution is 0.601. The molecular weight excluding hydrogens is 248 g/mol. The highest BCUT2D eigenvalue weighted by Gasteiger charge is 2.08. The molecule has 94 valence electrons. The molecule has 0 bridgehead atoms. The second-order valence-electron chi connectivity index (χ2n) is 4.15. The van der Waals surface area contributed by atoms with Crippen molar-refractivity contribution in [3.63, 3.8) is 0 Å². The Morgan fingerprint density at radius 3 is 2.39 bits per heavy atom. The number of hydrogen-bond donors (Lipinski definition) is 0. The fourth-order valence-electron chi connectivity index (χ4n) is 1.73. The highest BCUT2D eigenvalue weighted by Crippen LogP contribution is 2.22. The second-order valence-corrected chi connectivity index (χ2v) is 6.41. The first kappa shape index (κ1) is 12.7. The van der Waals surface area contributed by atoms with Crippen molar-refractivity contribution in [3.05, 3.63) is 48.5 Å². The van der Waals surface area contributed by atoms with Gasteiger partial charge in [-0.05, 0) is 35.7 Å². The molecule has 0 N–H and O–H groups in total. The van der Waals surface area contributed by atoms with Gasteiger partial charge in [-0.25, -0.2) is 8.42 Å². The third-order valence-electron chi connectivity index (χ3n) is 2.64. The number of sulfone groups is 1. The van der Waals surface area contributed by atoms with Gasteiger partial charge < -0.3 is 0 Å². The van der Waals surface area contributed by atoms with Crippen molar-refractivity contribution < 1.29 is 8.42 Å². The van der Waals surface area contributed by atoms with Crippen molar-refractivity contribution >= 4 is 9.84 Å². The SMILES string of the molecule is CS(=O)(=O)CCc1ccncc1-c1ccncc1. The third kappa shape index (κ3) is 3.37. The monoisotopic (exact) mass is 262 g/mol. The highest BCUT2D eigenvalue weighted by atomic mass is 32.2. The smallest absolute Gasteiger partial charge is 0.147 e. The maximum atomic E-state index is 11.2. The Morgan fingerprint density at radius 1 is 1.06 bits per heavy atom. The number of pyridine rings is 2. The Kier molecular flexibility index (Phi) is 3.72. The summed E-state index contributed by atoms with van der Waals surface area (Å²) in [6.07, 6.45) is 8.61. The summed E-state index contributed by atoms with van der Waals surface area (Å²) in [5, 5.41) is 0. The van der Waals surface area contributed by atoms with E-state index < -0.39 is 9.84 Å². The molecule has 2 aromatic heterocycles. The number of aromatic nitrogens is 2. The number of aryl methyl sites for hydroxylation is 1. The van der Waals surface area contributed by atoms with Gasteiger partial charge in [-0.15, -0.1) is 0 Å². The summed E-state index contributed by atoms with van der Waals surface area (Å²) >= 11 is 0. The van der Waals surface area contributed by atoms with Gasteiger partial charge in [-0.1, -0.05) is 0 Å². The largest absolute Gasteiger partial charge is 0.265 e. The van der Waals surface area contributed by atoms with Crippen LogP contribution in [0.15, 0.2) is 43.0 Å². The Morgan fingerprint density at radius 2 is 1.72 bits per heavy atom. The number of hydrogen-bond acceptors (Lipinski definition) is 4. The van der Waals surface area contributed by atoms with Crippen LogP contribution >= 0.6 is 0 Å². The molecule has 5 heteroatoms. The van der Waals surface area contributed by atoms with Gasteiger partial charge in [0, 0.05) is 36.6 Å². The van der Waals surface area contributed by atoms with Gasteiger partial charge in [-0.2, -0.15) is 0 Å². The normalized spacial score (nSPS) is 11.4. The fourth-order valence-corrected chi connectivity index (χ4v) is 2.32. The Hall–Kier alpha value is -1.75. The van der Waals surface area contributed by atoms with Crippen LogP contribution < -0.4 is 0 Å². The quantitative estimate of drug-likeness (QED) is 0.842. The van der Waals surface area contributed by atoms with Crippen molar-refractivity contribution in [1.82, 2.24) is 9.97 Å². The molecule has 0 atom stereocenters. The molecule has 2 aromatic rings. The van der Waals surface area contributed by atoms with E-state index in [-0.39, 0.29) is 5.75 Å². The summed E-state index contributed by atoms with van der Waals surface area (Å²) in [6, 6.07) is 5.64. The van der Waals surface area contributed by atoms with Crippen LogP contribution in [-0.4, -0.2) is 30.4 Å². The van der Waals surface area contributed by atoms with Crippen molar-refractivity contribution in [3.8, 4) is 11.1 Å². The van der Waals surface area contributed by atoms with Crippen molar-refractivity contribution in [1.29, 1.82) is 0 Å².